The number of hydrogen-bond donors (Lipinski definition) is 2. The van der Waals surface area contributed by atoms with E-state index in [1.165, 1.54) is 0 Å². The Kier molecular flexibility index (Phi) is 3.85. The zero-order chi connectivity index (χ0) is 13.8. The lowest BCUT2D eigenvalue weighted by Gasteiger charge is -2.09. The molecule has 0 aliphatic heterocycles. The molecule has 0 aliphatic rings. The van der Waals surface area contributed by atoms with Crippen LogP contribution >= 0.6 is 0 Å². The third kappa shape index (κ3) is 3.13. The van der Waals surface area contributed by atoms with E-state index in [4.69, 9.17) is 10.5 Å². The molecule has 0 aliphatic carbocycles. The van der Waals surface area contributed by atoms with E-state index in [0.717, 1.165) is 11.3 Å². The summed E-state index contributed by atoms with van der Waals surface area (Å²) in [6, 6.07) is 7.78. The summed E-state index contributed by atoms with van der Waals surface area (Å²) in [7, 11) is 0. The van der Waals surface area contributed by atoms with E-state index in [9.17, 15) is 4.79 Å². The highest BCUT2D eigenvalue weighted by Gasteiger charge is 2.07. The number of ether oxygens (including phenoxy) is 1. The summed E-state index contributed by atoms with van der Waals surface area (Å²) in [5.41, 5.74) is 7.61. The number of benzene rings is 1. The second kappa shape index (κ2) is 5.56. The molecular weight excluding hydrogens is 242 g/mol. The Hall–Kier alpha value is -2.30. The molecule has 0 saturated heterocycles. The topological polar surface area (TPSA) is 81.0 Å². The zero-order valence-corrected chi connectivity index (χ0v) is 11.1. The molecule has 0 unspecified atom stereocenters. The van der Waals surface area contributed by atoms with Gasteiger partial charge < -0.3 is 10.5 Å². The number of para-hydroxylation sites is 1. The van der Waals surface area contributed by atoms with Gasteiger partial charge in [0.15, 0.2) is 0 Å². The normalized spacial score (nSPS) is 10.4. The van der Waals surface area contributed by atoms with Gasteiger partial charge in [0.1, 0.15) is 5.75 Å². The van der Waals surface area contributed by atoms with Crippen LogP contribution in [-0.4, -0.2) is 16.6 Å². The largest absolute Gasteiger partial charge is 0.493 e. The summed E-state index contributed by atoms with van der Waals surface area (Å²) < 4.78 is 5.67. The molecule has 3 N–H and O–H groups in total. The Morgan fingerprint density at radius 1 is 1.32 bits per heavy atom. The van der Waals surface area contributed by atoms with Crippen LogP contribution in [0.4, 0.5) is 5.95 Å². The fourth-order valence-electron chi connectivity index (χ4n) is 1.91. The molecule has 0 atom stereocenters. The van der Waals surface area contributed by atoms with Crippen molar-refractivity contribution in [1.29, 1.82) is 0 Å². The predicted molar refractivity (Wildman–Crippen MR) is 74.4 cm³/mol. The lowest BCUT2D eigenvalue weighted by atomic mass is 10.2. The number of nitrogens with one attached hydrogen (secondary N) is 1. The van der Waals surface area contributed by atoms with Crippen molar-refractivity contribution in [3.05, 3.63) is 51.4 Å². The molecule has 1 heterocycles. The molecule has 0 bridgehead atoms. The Bertz CT molecular complexity index is 635. The lowest BCUT2D eigenvalue weighted by molar-refractivity contribution is 0.319. The summed E-state index contributed by atoms with van der Waals surface area (Å²) in [4.78, 5) is 18.3. The van der Waals surface area contributed by atoms with Crippen LogP contribution in [0.1, 0.15) is 16.8 Å². The summed E-state index contributed by atoms with van der Waals surface area (Å²) in [5.74, 6) is 0.978. The number of aromatic nitrogens is 2. The third-order valence-corrected chi connectivity index (χ3v) is 2.94. The van der Waals surface area contributed by atoms with Gasteiger partial charge in [0.25, 0.3) is 5.56 Å². The van der Waals surface area contributed by atoms with Crippen LogP contribution in [0.25, 0.3) is 0 Å². The van der Waals surface area contributed by atoms with E-state index in [1.54, 1.807) is 6.92 Å². The fourth-order valence-corrected chi connectivity index (χ4v) is 1.91. The number of H-pyrrole nitrogens is 1. The van der Waals surface area contributed by atoms with Crippen molar-refractivity contribution in [2.75, 3.05) is 12.3 Å². The first kappa shape index (κ1) is 13.1. The smallest absolute Gasteiger partial charge is 0.255 e. The molecule has 1 aromatic carbocycles. The van der Waals surface area contributed by atoms with E-state index in [0.29, 0.717) is 24.3 Å². The minimum atomic E-state index is -0.196. The van der Waals surface area contributed by atoms with E-state index in [2.05, 4.69) is 9.97 Å². The fraction of sp³-hybridized carbons (Fsp3) is 0.286. The maximum Gasteiger partial charge on any atom is 0.255 e. The summed E-state index contributed by atoms with van der Waals surface area (Å²) >= 11 is 0. The average Bonchev–Trinajstić information content (AvgIpc) is 2.34. The number of aromatic amines is 1. The van der Waals surface area contributed by atoms with Gasteiger partial charge in [-0.15, -0.1) is 0 Å². The monoisotopic (exact) mass is 259 g/mol. The number of hydrogen-bond acceptors (Lipinski definition) is 4. The van der Waals surface area contributed by atoms with Crippen LogP contribution in [0.5, 0.6) is 5.75 Å². The molecule has 1 aromatic heterocycles. The highest BCUT2D eigenvalue weighted by Crippen LogP contribution is 2.16. The molecule has 100 valence electrons. The van der Waals surface area contributed by atoms with Crippen molar-refractivity contribution in [1.82, 2.24) is 9.97 Å². The van der Waals surface area contributed by atoms with Crippen molar-refractivity contribution in [3.8, 4) is 5.75 Å². The van der Waals surface area contributed by atoms with E-state index < -0.39 is 0 Å². The van der Waals surface area contributed by atoms with Gasteiger partial charge in [0, 0.05) is 12.0 Å². The molecule has 0 spiro atoms. The Morgan fingerprint density at radius 3 is 2.74 bits per heavy atom. The van der Waals surface area contributed by atoms with Gasteiger partial charge in [0.05, 0.1) is 12.3 Å². The zero-order valence-electron chi connectivity index (χ0n) is 11.1. The van der Waals surface area contributed by atoms with Crippen molar-refractivity contribution < 1.29 is 4.74 Å². The van der Waals surface area contributed by atoms with Crippen molar-refractivity contribution in [2.24, 2.45) is 0 Å². The quantitative estimate of drug-likeness (QED) is 0.873. The molecule has 0 saturated carbocycles. The lowest BCUT2D eigenvalue weighted by Crippen LogP contribution is -2.20. The SMILES string of the molecule is Cc1ccccc1OCCc1c(C)nc(N)[nH]c1=O. The van der Waals surface area contributed by atoms with Crippen molar-refractivity contribution >= 4 is 5.95 Å². The van der Waals surface area contributed by atoms with Gasteiger partial charge in [-0.1, -0.05) is 18.2 Å². The molecular formula is C14H17N3O2. The summed E-state index contributed by atoms with van der Waals surface area (Å²) in [6.07, 6.45) is 0.503. The van der Waals surface area contributed by atoms with Gasteiger partial charge in [-0.05, 0) is 25.5 Å². The number of rotatable bonds is 4. The second-order valence-electron chi connectivity index (χ2n) is 4.38. The molecule has 0 fully saturated rings. The van der Waals surface area contributed by atoms with Crippen LogP contribution in [0.2, 0.25) is 0 Å². The number of nitrogens with two attached hydrogens (primary N) is 1. The molecule has 5 heteroatoms. The molecule has 5 nitrogen and oxygen atoms in total. The first-order valence-corrected chi connectivity index (χ1v) is 6.11. The molecule has 2 rings (SSSR count). The van der Waals surface area contributed by atoms with Gasteiger partial charge in [-0.3, -0.25) is 9.78 Å². The number of anilines is 1. The number of nitrogens with zero attached hydrogens (tertiary/aromatic N) is 1. The maximum atomic E-state index is 11.7. The molecule has 19 heavy (non-hydrogen) atoms. The first-order valence-electron chi connectivity index (χ1n) is 6.11. The Balaban J connectivity index is 2.04. The van der Waals surface area contributed by atoms with Gasteiger partial charge in [-0.2, -0.15) is 0 Å². The Morgan fingerprint density at radius 2 is 2.05 bits per heavy atom. The van der Waals surface area contributed by atoms with Gasteiger partial charge >= 0.3 is 0 Å². The van der Waals surface area contributed by atoms with Gasteiger partial charge in [-0.25, -0.2) is 4.98 Å². The minimum absolute atomic E-state index is 0.145. The standard InChI is InChI=1S/C14H17N3O2/c1-9-5-3-4-6-12(9)19-8-7-11-10(2)16-14(15)17-13(11)18/h3-6H,7-8H2,1-2H3,(H3,15,16,17,18). The highest BCUT2D eigenvalue weighted by molar-refractivity contribution is 5.32. The van der Waals surface area contributed by atoms with Gasteiger partial charge in [0.2, 0.25) is 5.95 Å². The van der Waals surface area contributed by atoms with Crippen molar-refractivity contribution in [3.63, 3.8) is 0 Å². The van der Waals surface area contributed by atoms with Crippen LogP contribution in [0, 0.1) is 13.8 Å². The predicted octanol–water partition coefficient (Wildman–Crippen LogP) is 1.59. The van der Waals surface area contributed by atoms with Crippen molar-refractivity contribution in [2.45, 2.75) is 20.3 Å². The third-order valence-electron chi connectivity index (χ3n) is 2.94. The van der Waals surface area contributed by atoms with E-state index >= 15 is 0 Å². The average molecular weight is 259 g/mol. The molecule has 2 aromatic rings. The number of nitrogen functional groups attached to an aromatic ring is 1. The Labute approximate surface area is 111 Å². The highest BCUT2D eigenvalue weighted by atomic mass is 16.5. The summed E-state index contributed by atoms with van der Waals surface area (Å²) in [5, 5.41) is 0. The summed E-state index contributed by atoms with van der Waals surface area (Å²) in [6.45, 7) is 4.19. The van der Waals surface area contributed by atoms with Crippen LogP contribution in [0.15, 0.2) is 29.1 Å². The second-order valence-corrected chi connectivity index (χ2v) is 4.38. The molecule has 0 radical (unpaired) electrons. The van der Waals surface area contributed by atoms with E-state index in [-0.39, 0.29) is 11.5 Å². The molecule has 0 amide bonds. The minimum Gasteiger partial charge on any atom is -0.493 e. The number of aryl methyl sites for hydroxylation is 2. The van der Waals surface area contributed by atoms with E-state index in [1.807, 2.05) is 31.2 Å². The maximum absolute atomic E-state index is 11.7. The van der Waals surface area contributed by atoms with Crippen LogP contribution in [-0.2, 0) is 6.42 Å². The van der Waals surface area contributed by atoms with Crippen LogP contribution < -0.4 is 16.0 Å². The van der Waals surface area contributed by atoms with Crippen LogP contribution in [0.3, 0.4) is 0 Å². The first-order chi connectivity index (χ1) is 9.08.